The van der Waals surface area contributed by atoms with E-state index >= 15 is 0 Å². The molecule has 3 N–H and O–H groups in total. The van der Waals surface area contributed by atoms with Crippen LogP contribution in [0.25, 0.3) is 0 Å². The van der Waals surface area contributed by atoms with Crippen molar-refractivity contribution in [3.63, 3.8) is 0 Å². The molecule has 0 bridgehead atoms. The lowest BCUT2D eigenvalue weighted by atomic mass is 9.98. The zero-order valence-corrected chi connectivity index (χ0v) is 19.1. The largest absolute Gasteiger partial charge is 0.495 e. The van der Waals surface area contributed by atoms with Crippen LogP contribution in [0.1, 0.15) is 30.9 Å². The monoisotopic (exact) mass is 494 g/mol. The number of piperidine rings is 1. The Morgan fingerprint density at radius 2 is 1.75 bits per heavy atom. The molecule has 1 aliphatic rings. The van der Waals surface area contributed by atoms with E-state index in [0.29, 0.717) is 12.5 Å². The van der Waals surface area contributed by atoms with E-state index in [-0.39, 0.29) is 24.0 Å². The number of nitrogens with one attached hydrogen (secondary N) is 1. The molecule has 0 spiro atoms. The standard InChI is InChI=1S/C22H30N4O.HI/c1-17-11-13-26(14-12-17)16-19-8-4-3-7-18(19)15-24-22(23)25-20-9-5-6-10-21(20)27-2;/h3-10,17H,11-16H2,1-2H3,(H3,23,24,25);1H. The van der Waals surface area contributed by atoms with Gasteiger partial charge in [0, 0.05) is 6.54 Å². The van der Waals surface area contributed by atoms with Gasteiger partial charge in [0.05, 0.1) is 19.3 Å². The number of hydrogen-bond acceptors (Lipinski definition) is 3. The predicted molar refractivity (Wildman–Crippen MR) is 127 cm³/mol. The van der Waals surface area contributed by atoms with Crippen LogP contribution in [0.15, 0.2) is 53.5 Å². The van der Waals surface area contributed by atoms with Crippen LogP contribution in [0.5, 0.6) is 5.75 Å². The second-order valence-corrected chi connectivity index (χ2v) is 7.25. The molecule has 28 heavy (non-hydrogen) atoms. The molecule has 2 aromatic carbocycles. The van der Waals surface area contributed by atoms with Gasteiger partial charge in [0.2, 0.25) is 0 Å². The Labute approximate surface area is 185 Å². The molecule has 6 heteroatoms. The van der Waals surface area contributed by atoms with Crippen LogP contribution in [-0.4, -0.2) is 31.1 Å². The summed E-state index contributed by atoms with van der Waals surface area (Å²) in [7, 11) is 1.64. The van der Waals surface area contributed by atoms with E-state index in [9.17, 15) is 0 Å². The van der Waals surface area contributed by atoms with Gasteiger partial charge in [0.1, 0.15) is 5.75 Å². The molecular weight excluding hydrogens is 463 g/mol. The molecule has 0 aromatic heterocycles. The van der Waals surface area contributed by atoms with Gasteiger partial charge in [0.15, 0.2) is 5.96 Å². The summed E-state index contributed by atoms with van der Waals surface area (Å²) in [6, 6.07) is 16.2. The Kier molecular flexibility index (Phi) is 9.05. The third-order valence-electron chi connectivity index (χ3n) is 5.18. The molecule has 0 amide bonds. The Morgan fingerprint density at radius 3 is 2.46 bits per heavy atom. The maximum atomic E-state index is 6.10. The summed E-state index contributed by atoms with van der Waals surface area (Å²) < 4.78 is 5.34. The van der Waals surface area contributed by atoms with Gasteiger partial charge in [-0.05, 0) is 55.1 Å². The zero-order chi connectivity index (χ0) is 19.1. The Morgan fingerprint density at radius 1 is 1.11 bits per heavy atom. The lowest BCUT2D eigenvalue weighted by Gasteiger charge is -2.30. The van der Waals surface area contributed by atoms with Crippen molar-refractivity contribution in [2.45, 2.75) is 32.9 Å². The van der Waals surface area contributed by atoms with Gasteiger partial charge >= 0.3 is 0 Å². The number of aliphatic imine (C=N–C) groups is 1. The minimum absolute atomic E-state index is 0. The van der Waals surface area contributed by atoms with E-state index in [1.165, 1.54) is 37.1 Å². The van der Waals surface area contributed by atoms with Gasteiger partial charge < -0.3 is 15.8 Å². The molecule has 0 saturated carbocycles. The van der Waals surface area contributed by atoms with E-state index < -0.39 is 0 Å². The first-order valence-corrected chi connectivity index (χ1v) is 9.65. The van der Waals surface area contributed by atoms with Crippen molar-refractivity contribution < 1.29 is 4.74 Å². The molecule has 5 nitrogen and oxygen atoms in total. The van der Waals surface area contributed by atoms with Crippen LogP contribution in [0, 0.1) is 5.92 Å². The van der Waals surface area contributed by atoms with Crippen molar-refractivity contribution in [2.75, 3.05) is 25.5 Å². The van der Waals surface area contributed by atoms with E-state index in [2.05, 4.69) is 46.4 Å². The smallest absolute Gasteiger partial charge is 0.193 e. The molecule has 0 atom stereocenters. The number of hydrogen-bond donors (Lipinski definition) is 2. The number of halogens is 1. The number of para-hydroxylation sites is 2. The van der Waals surface area contributed by atoms with Crippen molar-refractivity contribution in [1.82, 2.24) is 4.90 Å². The van der Waals surface area contributed by atoms with Crippen LogP contribution in [0.4, 0.5) is 5.69 Å². The highest BCUT2D eigenvalue weighted by Crippen LogP contribution is 2.23. The molecule has 1 fully saturated rings. The molecule has 1 saturated heterocycles. The van der Waals surface area contributed by atoms with Gasteiger partial charge in [-0.1, -0.05) is 43.3 Å². The maximum Gasteiger partial charge on any atom is 0.193 e. The molecule has 152 valence electrons. The predicted octanol–water partition coefficient (Wildman–Crippen LogP) is 4.47. The van der Waals surface area contributed by atoms with Gasteiger partial charge in [-0.15, -0.1) is 24.0 Å². The third-order valence-corrected chi connectivity index (χ3v) is 5.18. The number of methoxy groups -OCH3 is 1. The van der Waals surface area contributed by atoms with Crippen LogP contribution in [0.3, 0.4) is 0 Å². The maximum absolute atomic E-state index is 6.10. The topological polar surface area (TPSA) is 62.9 Å². The molecule has 1 heterocycles. The number of benzene rings is 2. The van der Waals surface area contributed by atoms with E-state index in [1.54, 1.807) is 7.11 Å². The zero-order valence-electron chi connectivity index (χ0n) is 16.7. The highest BCUT2D eigenvalue weighted by Gasteiger charge is 2.16. The summed E-state index contributed by atoms with van der Waals surface area (Å²) in [6.45, 7) is 6.25. The number of guanidine groups is 1. The quantitative estimate of drug-likeness (QED) is 0.354. The average Bonchev–Trinajstić information content (AvgIpc) is 2.69. The minimum atomic E-state index is 0. The van der Waals surface area contributed by atoms with Crippen LogP contribution in [-0.2, 0) is 13.1 Å². The lowest BCUT2D eigenvalue weighted by molar-refractivity contribution is 0.185. The number of rotatable bonds is 6. The Bertz CT molecular complexity index is 773. The fraction of sp³-hybridized carbons (Fsp3) is 0.409. The van der Waals surface area contributed by atoms with Crippen molar-refractivity contribution in [2.24, 2.45) is 16.6 Å². The second-order valence-electron chi connectivity index (χ2n) is 7.25. The molecule has 0 radical (unpaired) electrons. The Balaban J connectivity index is 0.00000280. The lowest BCUT2D eigenvalue weighted by Crippen LogP contribution is -2.32. The molecule has 1 aliphatic heterocycles. The molecular formula is C22H31IN4O. The number of nitrogens with zero attached hydrogens (tertiary/aromatic N) is 2. The summed E-state index contributed by atoms with van der Waals surface area (Å²) >= 11 is 0. The van der Waals surface area contributed by atoms with Crippen LogP contribution in [0.2, 0.25) is 0 Å². The number of anilines is 1. The van der Waals surface area contributed by atoms with E-state index in [4.69, 9.17) is 10.5 Å². The summed E-state index contributed by atoms with van der Waals surface area (Å²) in [5, 5.41) is 3.13. The van der Waals surface area contributed by atoms with Crippen molar-refractivity contribution in [3.05, 3.63) is 59.7 Å². The summed E-state index contributed by atoms with van der Waals surface area (Å²) in [5.74, 6) is 1.98. The van der Waals surface area contributed by atoms with Gasteiger partial charge in [-0.3, -0.25) is 4.90 Å². The normalized spacial score (nSPS) is 15.7. The van der Waals surface area contributed by atoms with E-state index in [1.807, 2.05) is 24.3 Å². The summed E-state index contributed by atoms with van der Waals surface area (Å²) in [6.07, 6.45) is 2.58. The molecule has 2 aromatic rings. The summed E-state index contributed by atoms with van der Waals surface area (Å²) in [5.41, 5.74) is 9.47. The fourth-order valence-electron chi connectivity index (χ4n) is 3.42. The minimum Gasteiger partial charge on any atom is -0.495 e. The van der Waals surface area contributed by atoms with Crippen LogP contribution < -0.4 is 15.8 Å². The van der Waals surface area contributed by atoms with Crippen molar-refractivity contribution in [1.29, 1.82) is 0 Å². The summed E-state index contributed by atoms with van der Waals surface area (Å²) in [4.78, 5) is 7.08. The third kappa shape index (κ3) is 6.38. The molecule has 0 aliphatic carbocycles. The van der Waals surface area contributed by atoms with Crippen LogP contribution >= 0.6 is 24.0 Å². The highest BCUT2D eigenvalue weighted by atomic mass is 127. The van der Waals surface area contributed by atoms with E-state index in [0.717, 1.165) is 23.9 Å². The Hall–Kier alpha value is -1.80. The van der Waals surface area contributed by atoms with Crippen molar-refractivity contribution >= 4 is 35.6 Å². The molecule has 0 unspecified atom stereocenters. The number of likely N-dealkylation sites (tertiary alicyclic amines) is 1. The fourth-order valence-corrected chi connectivity index (χ4v) is 3.42. The molecule has 3 rings (SSSR count). The first-order chi connectivity index (χ1) is 13.2. The van der Waals surface area contributed by atoms with Crippen molar-refractivity contribution in [3.8, 4) is 5.75 Å². The van der Waals surface area contributed by atoms with Gasteiger partial charge in [-0.25, -0.2) is 4.99 Å². The second kappa shape index (κ2) is 11.3. The van der Waals surface area contributed by atoms with Gasteiger partial charge in [-0.2, -0.15) is 0 Å². The number of nitrogens with two attached hydrogens (primary N) is 1. The first-order valence-electron chi connectivity index (χ1n) is 9.65. The first kappa shape index (κ1) is 22.5. The highest BCUT2D eigenvalue weighted by molar-refractivity contribution is 14.0. The van der Waals surface area contributed by atoms with Gasteiger partial charge in [0.25, 0.3) is 0 Å². The SMILES string of the molecule is COc1ccccc1NC(N)=NCc1ccccc1CN1CCC(C)CC1.I. The average molecular weight is 494 g/mol. The number of ether oxygens (including phenoxy) is 1.